The largest absolute Gasteiger partial charge is 0.487 e. The van der Waals surface area contributed by atoms with E-state index in [1.165, 1.54) is 0 Å². The summed E-state index contributed by atoms with van der Waals surface area (Å²) in [5.41, 5.74) is 3.54. The van der Waals surface area contributed by atoms with Gasteiger partial charge in [-0.25, -0.2) is 0 Å². The Morgan fingerprint density at radius 1 is 1.09 bits per heavy atom. The van der Waals surface area contributed by atoms with Crippen LogP contribution in [0.4, 0.5) is 0 Å². The van der Waals surface area contributed by atoms with Crippen LogP contribution in [0.25, 0.3) is 11.1 Å². The van der Waals surface area contributed by atoms with Crippen molar-refractivity contribution >= 4 is 0 Å². The minimum absolute atomic E-state index is 0.0651. The van der Waals surface area contributed by atoms with Gasteiger partial charge in [-0.1, -0.05) is 18.2 Å². The number of pyridine rings is 1. The van der Waals surface area contributed by atoms with E-state index in [0.717, 1.165) is 22.6 Å². The number of hydrogen-bond donors (Lipinski definition) is 1. The number of aliphatic hydroxyl groups excluding tert-OH is 1. The van der Waals surface area contributed by atoms with Gasteiger partial charge < -0.3 is 9.84 Å². The average Bonchev–Trinajstić information content (AvgIpc) is 3.00. The summed E-state index contributed by atoms with van der Waals surface area (Å²) in [6.45, 7) is 0.300. The number of ether oxygens (including phenoxy) is 1. The molecule has 0 radical (unpaired) electrons. The Kier molecular flexibility index (Phi) is 4.16. The van der Waals surface area contributed by atoms with Gasteiger partial charge in [0.1, 0.15) is 12.4 Å². The molecule has 0 saturated carbocycles. The molecule has 5 nitrogen and oxygen atoms in total. The molecule has 0 aliphatic heterocycles. The highest BCUT2D eigenvalue weighted by atomic mass is 16.5. The molecule has 1 aromatic carbocycles. The summed E-state index contributed by atoms with van der Waals surface area (Å²) in [4.78, 5) is 4.30. The SMILES string of the molecule is Cn1cc(-c2cccc(OCc3cccc(CO)n3)c2)cn1. The van der Waals surface area contributed by atoms with Gasteiger partial charge in [0, 0.05) is 18.8 Å². The van der Waals surface area contributed by atoms with Crippen molar-refractivity contribution < 1.29 is 9.84 Å². The van der Waals surface area contributed by atoms with Crippen molar-refractivity contribution in [2.75, 3.05) is 0 Å². The van der Waals surface area contributed by atoms with Crippen molar-refractivity contribution in [2.24, 2.45) is 7.05 Å². The first kappa shape index (κ1) is 14.3. The molecule has 112 valence electrons. The Labute approximate surface area is 128 Å². The van der Waals surface area contributed by atoms with Gasteiger partial charge >= 0.3 is 0 Å². The maximum Gasteiger partial charge on any atom is 0.130 e. The summed E-state index contributed by atoms with van der Waals surface area (Å²) in [5, 5.41) is 13.3. The average molecular weight is 295 g/mol. The molecule has 2 aromatic heterocycles. The van der Waals surface area contributed by atoms with Crippen LogP contribution in [0.5, 0.6) is 5.75 Å². The summed E-state index contributed by atoms with van der Waals surface area (Å²) in [7, 11) is 1.89. The summed E-state index contributed by atoms with van der Waals surface area (Å²) in [6, 6.07) is 13.4. The lowest BCUT2D eigenvalue weighted by molar-refractivity contribution is 0.272. The highest BCUT2D eigenvalue weighted by molar-refractivity contribution is 5.63. The van der Waals surface area contributed by atoms with E-state index in [2.05, 4.69) is 10.1 Å². The smallest absolute Gasteiger partial charge is 0.130 e. The molecule has 0 atom stereocenters. The minimum atomic E-state index is -0.0651. The van der Waals surface area contributed by atoms with Crippen LogP contribution in [-0.4, -0.2) is 19.9 Å². The maximum absolute atomic E-state index is 9.10. The van der Waals surface area contributed by atoms with Gasteiger partial charge in [0.2, 0.25) is 0 Å². The molecular weight excluding hydrogens is 278 g/mol. The topological polar surface area (TPSA) is 60.2 Å². The molecule has 0 amide bonds. The van der Waals surface area contributed by atoms with E-state index in [0.29, 0.717) is 12.3 Å². The van der Waals surface area contributed by atoms with E-state index in [1.807, 2.05) is 55.8 Å². The Balaban J connectivity index is 1.73. The van der Waals surface area contributed by atoms with Gasteiger partial charge in [-0.05, 0) is 29.8 Å². The number of rotatable bonds is 5. The highest BCUT2D eigenvalue weighted by Gasteiger charge is 2.03. The molecule has 2 heterocycles. The molecular formula is C17H17N3O2. The molecule has 3 aromatic rings. The van der Waals surface area contributed by atoms with Crippen molar-refractivity contribution in [2.45, 2.75) is 13.2 Å². The first-order valence-electron chi connectivity index (χ1n) is 7.02. The van der Waals surface area contributed by atoms with Crippen LogP contribution < -0.4 is 4.74 Å². The van der Waals surface area contributed by atoms with E-state index in [4.69, 9.17) is 9.84 Å². The summed E-state index contributed by atoms with van der Waals surface area (Å²) in [6.07, 6.45) is 3.79. The zero-order valence-electron chi connectivity index (χ0n) is 12.3. The molecule has 3 rings (SSSR count). The van der Waals surface area contributed by atoms with Gasteiger partial charge in [-0.2, -0.15) is 5.10 Å². The van der Waals surface area contributed by atoms with E-state index in [9.17, 15) is 0 Å². The number of hydrogen-bond acceptors (Lipinski definition) is 4. The molecule has 5 heteroatoms. The van der Waals surface area contributed by atoms with E-state index >= 15 is 0 Å². The van der Waals surface area contributed by atoms with Crippen LogP contribution in [0.2, 0.25) is 0 Å². The molecule has 1 N–H and O–H groups in total. The number of aromatic nitrogens is 3. The quantitative estimate of drug-likeness (QED) is 0.786. The second-order valence-electron chi connectivity index (χ2n) is 5.00. The minimum Gasteiger partial charge on any atom is -0.487 e. The van der Waals surface area contributed by atoms with Crippen molar-refractivity contribution in [3.05, 3.63) is 66.2 Å². The molecule has 0 fully saturated rings. The first-order valence-corrected chi connectivity index (χ1v) is 7.02. The van der Waals surface area contributed by atoms with Crippen LogP contribution in [-0.2, 0) is 20.3 Å². The molecule has 0 aliphatic carbocycles. The third-order valence-electron chi connectivity index (χ3n) is 3.29. The Morgan fingerprint density at radius 2 is 1.91 bits per heavy atom. The van der Waals surface area contributed by atoms with E-state index < -0.39 is 0 Å². The highest BCUT2D eigenvalue weighted by Crippen LogP contribution is 2.23. The van der Waals surface area contributed by atoms with E-state index in [1.54, 1.807) is 10.7 Å². The van der Waals surface area contributed by atoms with Crippen LogP contribution in [0.3, 0.4) is 0 Å². The Hall–Kier alpha value is -2.66. The number of nitrogens with zero attached hydrogens (tertiary/aromatic N) is 3. The van der Waals surface area contributed by atoms with E-state index in [-0.39, 0.29) is 6.61 Å². The number of aryl methyl sites for hydroxylation is 1. The Bertz CT molecular complexity index is 768. The van der Waals surface area contributed by atoms with Crippen LogP contribution >= 0.6 is 0 Å². The number of aliphatic hydroxyl groups is 1. The monoisotopic (exact) mass is 295 g/mol. The van der Waals surface area contributed by atoms with Crippen molar-refractivity contribution in [1.82, 2.24) is 14.8 Å². The van der Waals surface area contributed by atoms with Gasteiger partial charge in [0.25, 0.3) is 0 Å². The molecule has 0 spiro atoms. The summed E-state index contributed by atoms with van der Waals surface area (Å²) in [5.74, 6) is 0.776. The molecule has 0 aliphatic rings. The van der Waals surface area contributed by atoms with Gasteiger partial charge in [0.15, 0.2) is 0 Å². The second kappa shape index (κ2) is 6.41. The molecule has 0 saturated heterocycles. The first-order chi connectivity index (χ1) is 10.7. The lowest BCUT2D eigenvalue weighted by Crippen LogP contribution is -2.00. The molecule has 0 unspecified atom stereocenters. The number of benzene rings is 1. The fourth-order valence-corrected chi connectivity index (χ4v) is 2.19. The van der Waals surface area contributed by atoms with Gasteiger partial charge in [-0.15, -0.1) is 0 Å². The Morgan fingerprint density at radius 3 is 2.68 bits per heavy atom. The molecule has 0 bridgehead atoms. The van der Waals surface area contributed by atoms with Crippen LogP contribution in [0, 0.1) is 0 Å². The lowest BCUT2D eigenvalue weighted by atomic mass is 10.1. The third-order valence-corrected chi connectivity index (χ3v) is 3.29. The summed E-state index contributed by atoms with van der Waals surface area (Å²) >= 11 is 0. The lowest BCUT2D eigenvalue weighted by Gasteiger charge is -2.08. The summed E-state index contributed by atoms with van der Waals surface area (Å²) < 4.78 is 7.56. The predicted molar refractivity (Wildman–Crippen MR) is 83.1 cm³/mol. The van der Waals surface area contributed by atoms with Gasteiger partial charge in [0.05, 0.1) is 24.2 Å². The second-order valence-corrected chi connectivity index (χ2v) is 5.00. The fraction of sp³-hybridized carbons (Fsp3) is 0.176. The normalized spacial score (nSPS) is 10.6. The molecule has 22 heavy (non-hydrogen) atoms. The van der Waals surface area contributed by atoms with Crippen LogP contribution in [0.1, 0.15) is 11.4 Å². The third kappa shape index (κ3) is 3.32. The van der Waals surface area contributed by atoms with Crippen molar-refractivity contribution in [3.8, 4) is 16.9 Å². The van der Waals surface area contributed by atoms with Gasteiger partial charge in [-0.3, -0.25) is 9.67 Å². The van der Waals surface area contributed by atoms with Crippen molar-refractivity contribution in [1.29, 1.82) is 0 Å². The zero-order valence-corrected chi connectivity index (χ0v) is 12.3. The predicted octanol–water partition coefficient (Wildman–Crippen LogP) is 2.55. The fourth-order valence-electron chi connectivity index (χ4n) is 2.19. The van der Waals surface area contributed by atoms with Crippen LogP contribution in [0.15, 0.2) is 54.9 Å². The maximum atomic E-state index is 9.10. The zero-order chi connectivity index (χ0) is 15.4. The van der Waals surface area contributed by atoms with Crippen molar-refractivity contribution in [3.63, 3.8) is 0 Å². The standard InChI is InChI=1S/C17H17N3O2/c1-20-10-14(9-18-20)13-4-2-7-17(8-13)22-12-16-6-3-5-15(11-21)19-16/h2-10,21H,11-12H2,1H3.